The number of nitriles is 1. The van der Waals surface area contributed by atoms with Gasteiger partial charge in [-0.15, -0.1) is 0 Å². The van der Waals surface area contributed by atoms with Crippen LogP contribution in [0.15, 0.2) is 0 Å². The van der Waals surface area contributed by atoms with E-state index in [1.165, 1.54) is 0 Å². The third-order valence-corrected chi connectivity index (χ3v) is 2.70. The summed E-state index contributed by atoms with van der Waals surface area (Å²) < 4.78 is 0. The highest BCUT2D eigenvalue weighted by molar-refractivity contribution is 4.89. The average molecular weight is 182 g/mol. The number of hydrogen-bond donors (Lipinski definition) is 1. The van der Waals surface area contributed by atoms with Gasteiger partial charge in [0.05, 0.1) is 18.7 Å². The van der Waals surface area contributed by atoms with Crippen LogP contribution in [-0.2, 0) is 0 Å². The van der Waals surface area contributed by atoms with Crippen LogP contribution in [0.3, 0.4) is 0 Å². The van der Waals surface area contributed by atoms with Crippen molar-refractivity contribution in [3.8, 4) is 6.07 Å². The summed E-state index contributed by atoms with van der Waals surface area (Å²) in [6.07, 6.45) is 3.88. The number of rotatable bonds is 4. The Labute approximate surface area is 80.0 Å². The molecule has 0 aromatic carbocycles. The van der Waals surface area contributed by atoms with Crippen LogP contribution < -0.4 is 0 Å². The van der Waals surface area contributed by atoms with Crippen molar-refractivity contribution in [1.82, 2.24) is 4.90 Å². The Bertz CT molecular complexity index is 188. The van der Waals surface area contributed by atoms with E-state index in [-0.39, 0.29) is 12.1 Å². The smallest absolute Gasteiger partial charge is 0.0869 e. The minimum atomic E-state index is -0.208. The van der Waals surface area contributed by atoms with Crippen molar-refractivity contribution in [3.05, 3.63) is 0 Å². The van der Waals surface area contributed by atoms with Crippen molar-refractivity contribution in [1.29, 1.82) is 5.26 Å². The molecule has 1 saturated carbocycles. The second-order valence-electron chi connectivity index (χ2n) is 3.69. The van der Waals surface area contributed by atoms with Gasteiger partial charge in [-0.1, -0.05) is 6.92 Å². The highest BCUT2D eigenvalue weighted by atomic mass is 16.3. The van der Waals surface area contributed by atoms with Crippen LogP contribution in [0.2, 0.25) is 0 Å². The van der Waals surface area contributed by atoms with Gasteiger partial charge in [-0.25, -0.2) is 0 Å². The molecule has 0 aromatic rings. The molecule has 2 unspecified atom stereocenters. The van der Waals surface area contributed by atoms with E-state index in [1.807, 2.05) is 0 Å². The van der Waals surface area contributed by atoms with Gasteiger partial charge in [-0.3, -0.25) is 4.90 Å². The second-order valence-corrected chi connectivity index (χ2v) is 3.69. The molecule has 0 radical (unpaired) electrons. The van der Waals surface area contributed by atoms with Gasteiger partial charge in [0.1, 0.15) is 0 Å². The fourth-order valence-corrected chi connectivity index (χ4v) is 2.09. The summed E-state index contributed by atoms with van der Waals surface area (Å²) in [5.41, 5.74) is 0. The molecule has 3 heteroatoms. The molecule has 0 bridgehead atoms. The highest BCUT2D eigenvalue weighted by Crippen LogP contribution is 2.23. The molecule has 1 rings (SSSR count). The molecular weight excluding hydrogens is 164 g/mol. The summed E-state index contributed by atoms with van der Waals surface area (Å²) in [5.74, 6) is 0. The lowest BCUT2D eigenvalue weighted by Crippen LogP contribution is -2.41. The summed E-state index contributed by atoms with van der Waals surface area (Å²) in [6, 6.07) is 2.40. The van der Waals surface area contributed by atoms with Crippen LogP contribution in [-0.4, -0.2) is 35.2 Å². The van der Waals surface area contributed by atoms with Gasteiger partial charge in [0.15, 0.2) is 0 Å². The Balaban J connectivity index is 2.48. The van der Waals surface area contributed by atoms with Gasteiger partial charge in [0.25, 0.3) is 0 Å². The summed E-state index contributed by atoms with van der Waals surface area (Å²) in [7, 11) is 0. The van der Waals surface area contributed by atoms with Crippen molar-refractivity contribution < 1.29 is 5.11 Å². The monoisotopic (exact) mass is 182 g/mol. The summed E-state index contributed by atoms with van der Waals surface area (Å²) in [6.45, 7) is 3.48. The quantitative estimate of drug-likeness (QED) is 0.663. The van der Waals surface area contributed by atoms with Crippen molar-refractivity contribution >= 4 is 0 Å². The van der Waals surface area contributed by atoms with E-state index < -0.39 is 0 Å². The topological polar surface area (TPSA) is 47.3 Å². The van der Waals surface area contributed by atoms with Gasteiger partial charge in [-0.2, -0.15) is 5.26 Å². The fourth-order valence-electron chi connectivity index (χ4n) is 2.09. The Hall–Kier alpha value is -0.590. The van der Waals surface area contributed by atoms with Crippen LogP contribution in [0.25, 0.3) is 0 Å². The number of hydrogen-bond acceptors (Lipinski definition) is 3. The number of aliphatic hydroxyl groups excluding tert-OH is 1. The minimum absolute atomic E-state index is 0.208. The van der Waals surface area contributed by atoms with E-state index in [9.17, 15) is 5.11 Å². The van der Waals surface area contributed by atoms with Crippen LogP contribution in [0, 0.1) is 11.3 Å². The molecule has 0 amide bonds. The summed E-state index contributed by atoms with van der Waals surface area (Å²) in [4.78, 5) is 2.11. The number of aliphatic hydroxyl groups is 1. The minimum Gasteiger partial charge on any atom is -0.391 e. The molecule has 2 atom stereocenters. The van der Waals surface area contributed by atoms with Crippen LogP contribution in [0.4, 0.5) is 0 Å². The lowest BCUT2D eigenvalue weighted by molar-refractivity contribution is 0.0786. The normalized spacial score (nSPS) is 27.8. The van der Waals surface area contributed by atoms with Crippen LogP contribution >= 0.6 is 0 Å². The zero-order chi connectivity index (χ0) is 9.68. The molecule has 1 N–H and O–H groups in total. The third-order valence-electron chi connectivity index (χ3n) is 2.70. The van der Waals surface area contributed by atoms with E-state index in [0.29, 0.717) is 6.54 Å². The van der Waals surface area contributed by atoms with Crippen molar-refractivity contribution in [2.75, 3.05) is 13.1 Å². The maximum absolute atomic E-state index is 9.66. The molecule has 0 aliphatic heterocycles. The van der Waals surface area contributed by atoms with Gasteiger partial charge >= 0.3 is 0 Å². The first-order valence-corrected chi connectivity index (χ1v) is 5.08. The SMILES string of the molecule is CCCN(CC#N)C1CCCC1O. The van der Waals surface area contributed by atoms with Crippen molar-refractivity contribution in [2.45, 2.75) is 44.8 Å². The van der Waals surface area contributed by atoms with Crippen molar-refractivity contribution in [2.24, 2.45) is 0 Å². The first-order chi connectivity index (χ1) is 6.29. The molecule has 0 aromatic heterocycles. The number of nitrogens with zero attached hydrogens (tertiary/aromatic N) is 2. The standard InChI is InChI=1S/C10H18N2O/c1-2-7-12(8-6-11)9-4-3-5-10(9)13/h9-10,13H,2-5,7-8H2,1H3. The molecule has 0 saturated heterocycles. The van der Waals surface area contributed by atoms with Gasteiger partial charge < -0.3 is 5.11 Å². The Kier molecular flexibility index (Phi) is 4.20. The molecule has 74 valence electrons. The molecule has 0 heterocycles. The van der Waals surface area contributed by atoms with E-state index in [0.717, 1.165) is 32.2 Å². The Morgan fingerprint density at radius 3 is 2.77 bits per heavy atom. The van der Waals surface area contributed by atoms with Gasteiger partial charge in [0, 0.05) is 6.04 Å². The lowest BCUT2D eigenvalue weighted by Gasteiger charge is -2.28. The maximum atomic E-state index is 9.66. The molecule has 1 aliphatic carbocycles. The van der Waals surface area contributed by atoms with E-state index in [2.05, 4.69) is 17.9 Å². The molecule has 1 fully saturated rings. The first kappa shape index (κ1) is 10.5. The predicted molar refractivity (Wildman–Crippen MR) is 51.1 cm³/mol. The maximum Gasteiger partial charge on any atom is 0.0869 e. The Morgan fingerprint density at radius 1 is 1.54 bits per heavy atom. The first-order valence-electron chi connectivity index (χ1n) is 5.08. The zero-order valence-corrected chi connectivity index (χ0v) is 8.24. The molecular formula is C10H18N2O. The third kappa shape index (κ3) is 2.68. The van der Waals surface area contributed by atoms with Gasteiger partial charge in [0.2, 0.25) is 0 Å². The summed E-state index contributed by atoms with van der Waals surface area (Å²) >= 11 is 0. The second kappa shape index (κ2) is 5.21. The molecule has 3 nitrogen and oxygen atoms in total. The molecule has 0 spiro atoms. The Morgan fingerprint density at radius 2 is 2.31 bits per heavy atom. The largest absolute Gasteiger partial charge is 0.391 e. The van der Waals surface area contributed by atoms with E-state index in [4.69, 9.17) is 5.26 Å². The van der Waals surface area contributed by atoms with Gasteiger partial charge in [-0.05, 0) is 32.2 Å². The van der Waals surface area contributed by atoms with Crippen LogP contribution in [0.5, 0.6) is 0 Å². The average Bonchev–Trinajstić information content (AvgIpc) is 2.51. The molecule has 1 aliphatic rings. The fraction of sp³-hybridized carbons (Fsp3) is 0.900. The van der Waals surface area contributed by atoms with E-state index in [1.54, 1.807) is 0 Å². The summed E-state index contributed by atoms with van der Waals surface area (Å²) in [5, 5.41) is 18.3. The van der Waals surface area contributed by atoms with Crippen LogP contribution in [0.1, 0.15) is 32.6 Å². The zero-order valence-electron chi connectivity index (χ0n) is 8.24. The molecule has 13 heavy (non-hydrogen) atoms. The van der Waals surface area contributed by atoms with E-state index >= 15 is 0 Å². The highest BCUT2D eigenvalue weighted by Gasteiger charge is 2.29. The predicted octanol–water partition coefficient (Wildman–Crippen LogP) is 1.14. The van der Waals surface area contributed by atoms with Crippen molar-refractivity contribution in [3.63, 3.8) is 0 Å². The lowest BCUT2D eigenvalue weighted by atomic mass is 10.1.